The minimum atomic E-state index is 0. The van der Waals surface area contributed by atoms with E-state index in [9.17, 15) is 0 Å². The third kappa shape index (κ3) is 4.89. The molecule has 0 bridgehead atoms. The van der Waals surface area contributed by atoms with Crippen LogP contribution in [0.5, 0.6) is 17.2 Å². The second-order valence-corrected chi connectivity index (χ2v) is 6.72. The van der Waals surface area contributed by atoms with Gasteiger partial charge in [-0.1, -0.05) is 12.8 Å². The molecule has 2 fully saturated rings. The van der Waals surface area contributed by atoms with Gasteiger partial charge in [0, 0.05) is 43.9 Å². The molecule has 1 aromatic carbocycles. The van der Waals surface area contributed by atoms with Crippen LogP contribution in [-0.4, -0.2) is 52.4 Å². The summed E-state index contributed by atoms with van der Waals surface area (Å²) in [6.45, 7) is 4.27. The fourth-order valence-corrected chi connectivity index (χ4v) is 4.27. The first kappa shape index (κ1) is 23.2. The van der Waals surface area contributed by atoms with Crippen LogP contribution in [0.25, 0.3) is 0 Å². The van der Waals surface area contributed by atoms with Gasteiger partial charge in [0.25, 0.3) is 0 Å². The van der Waals surface area contributed by atoms with Crippen LogP contribution in [0.3, 0.4) is 0 Å². The van der Waals surface area contributed by atoms with E-state index < -0.39 is 0 Å². The number of benzene rings is 1. The van der Waals surface area contributed by atoms with Gasteiger partial charge >= 0.3 is 0 Å². The quantitative estimate of drug-likeness (QED) is 0.779. The molecule has 1 heterocycles. The van der Waals surface area contributed by atoms with E-state index in [0.717, 1.165) is 43.4 Å². The van der Waals surface area contributed by atoms with E-state index in [1.807, 2.05) is 6.07 Å². The van der Waals surface area contributed by atoms with Crippen LogP contribution in [0.2, 0.25) is 0 Å². The van der Waals surface area contributed by atoms with Crippen molar-refractivity contribution >= 4 is 24.8 Å². The van der Waals surface area contributed by atoms with Crippen molar-refractivity contribution in [3.05, 3.63) is 17.7 Å². The zero-order valence-electron chi connectivity index (χ0n) is 16.0. The van der Waals surface area contributed by atoms with E-state index in [0.29, 0.717) is 12.0 Å². The Balaban J connectivity index is 0.00000169. The van der Waals surface area contributed by atoms with Crippen molar-refractivity contribution in [2.45, 2.75) is 31.7 Å². The largest absolute Gasteiger partial charge is 0.496 e. The summed E-state index contributed by atoms with van der Waals surface area (Å²) in [4.78, 5) is 2.62. The first-order chi connectivity index (χ1) is 11.8. The van der Waals surface area contributed by atoms with Crippen LogP contribution in [0, 0.1) is 5.92 Å². The maximum Gasteiger partial charge on any atom is 0.164 e. The fourth-order valence-electron chi connectivity index (χ4n) is 4.27. The number of nitrogens with one attached hydrogen (secondary N) is 1. The number of ether oxygens (including phenoxy) is 3. The highest BCUT2D eigenvalue weighted by Crippen LogP contribution is 2.46. The van der Waals surface area contributed by atoms with E-state index >= 15 is 0 Å². The first-order valence-corrected chi connectivity index (χ1v) is 9.03. The number of rotatable bonds is 6. The maximum absolute atomic E-state index is 5.74. The molecule has 26 heavy (non-hydrogen) atoms. The van der Waals surface area contributed by atoms with Gasteiger partial charge in [-0.2, -0.15) is 0 Å². The highest BCUT2D eigenvalue weighted by atomic mass is 35.5. The summed E-state index contributed by atoms with van der Waals surface area (Å²) in [5.74, 6) is 3.10. The van der Waals surface area contributed by atoms with Crippen molar-refractivity contribution in [2.75, 3.05) is 47.5 Å². The lowest BCUT2D eigenvalue weighted by molar-refractivity contribution is 0.123. The number of hydrogen-bond donors (Lipinski definition) is 1. The molecule has 0 radical (unpaired) electrons. The normalized spacial score (nSPS) is 19.2. The summed E-state index contributed by atoms with van der Waals surface area (Å²) < 4.78 is 16.8. The lowest BCUT2D eigenvalue weighted by Gasteiger charge is -2.39. The Hall–Kier alpha value is -0.880. The highest BCUT2D eigenvalue weighted by molar-refractivity contribution is 5.85. The van der Waals surface area contributed by atoms with E-state index in [-0.39, 0.29) is 24.8 Å². The van der Waals surface area contributed by atoms with Gasteiger partial charge in [-0.15, -0.1) is 24.8 Å². The number of nitrogens with zero attached hydrogens (tertiary/aromatic N) is 1. The maximum atomic E-state index is 5.74. The third-order valence-corrected chi connectivity index (χ3v) is 5.45. The summed E-state index contributed by atoms with van der Waals surface area (Å²) in [5.41, 5.74) is 1.24. The van der Waals surface area contributed by atoms with Crippen LogP contribution in [0.4, 0.5) is 0 Å². The molecule has 150 valence electrons. The molecule has 1 N–H and O–H groups in total. The molecule has 3 rings (SSSR count). The molecule has 1 aliphatic carbocycles. The molecule has 0 spiro atoms. The van der Waals surface area contributed by atoms with Gasteiger partial charge in [0.2, 0.25) is 0 Å². The van der Waals surface area contributed by atoms with E-state index in [4.69, 9.17) is 14.2 Å². The fraction of sp³-hybridized carbons (Fsp3) is 0.684. The van der Waals surface area contributed by atoms with Crippen molar-refractivity contribution in [2.24, 2.45) is 5.92 Å². The average Bonchev–Trinajstić information content (AvgIpc) is 3.16. The predicted octanol–water partition coefficient (Wildman–Crippen LogP) is 3.69. The standard InChI is InChI=1S/C19H30N2O3.2ClH/c1-22-16-13-18(24-3)17(23-2)12-15(16)19(14-6-4-5-7-14)21-10-8-20-9-11-21;;/h12-14,19-20H,4-11H2,1-3H3;2*1H/t19-;;/m1../s1. The molecule has 1 atom stereocenters. The molecule has 0 unspecified atom stereocenters. The smallest absolute Gasteiger partial charge is 0.164 e. The monoisotopic (exact) mass is 406 g/mol. The minimum Gasteiger partial charge on any atom is -0.496 e. The Morgan fingerprint density at radius 2 is 1.42 bits per heavy atom. The van der Waals surface area contributed by atoms with Crippen LogP contribution >= 0.6 is 24.8 Å². The molecule has 1 saturated heterocycles. The second kappa shape index (κ2) is 11.1. The Morgan fingerprint density at radius 1 is 0.885 bits per heavy atom. The van der Waals surface area contributed by atoms with Gasteiger partial charge in [0.05, 0.1) is 21.3 Å². The van der Waals surface area contributed by atoms with Gasteiger partial charge < -0.3 is 19.5 Å². The van der Waals surface area contributed by atoms with Crippen LogP contribution in [-0.2, 0) is 0 Å². The molecular weight excluding hydrogens is 375 g/mol. The van der Waals surface area contributed by atoms with Crippen molar-refractivity contribution in [1.29, 1.82) is 0 Å². The predicted molar refractivity (Wildman–Crippen MR) is 110 cm³/mol. The lowest BCUT2D eigenvalue weighted by atomic mass is 9.88. The number of piperazine rings is 1. The number of hydrogen-bond acceptors (Lipinski definition) is 5. The Bertz CT molecular complexity index is 548. The van der Waals surface area contributed by atoms with Crippen molar-refractivity contribution < 1.29 is 14.2 Å². The third-order valence-electron chi connectivity index (χ3n) is 5.45. The molecule has 1 aliphatic heterocycles. The molecule has 1 aromatic rings. The number of methoxy groups -OCH3 is 3. The van der Waals surface area contributed by atoms with E-state index in [1.165, 1.54) is 31.2 Å². The van der Waals surface area contributed by atoms with E-state index in [1.54, 1.807) is 21.3 Å². The molecule has 2 aliphatic rings. The molecule has 1 saturated carbocycles. The second-order valence-electron chi connectivity index (χ2n) is 6.72. The van der Waals surface area contributed by atoms with Gasteiger partial charge in [0.15, 0.2) is 11.5 Å². The first-order valence-electron chi connectivity index (χ1n) is 9.03. The van der Waals surface area contributed by atoms with Crippen molar-refractivity contribution in [3.63, 3.8) is 0 Å². The van der Waals surface area contributed by atoms with Crippen LogP contribution in [0.1, 0.15) is 37.3 Å². The Morgan fingerprint density at radius 3 is 1.96 bits per heavy atom. The lowest BCUT2D eigenvalue weighted by Crippen LogP contribution is -2.46. The van der Waals surface area contributed by atoms with Crippen LogP contribution in [0.15, 0.2) is 12.1 Å². The van der Waals surface area contributed by atoms with Gasteiger partial charge in [-0.25, -0.2) is 0 Å². The molecule has 0 amide bonds. The minimum absolute atomic E-state index is 0. The van der Waals surface area contributed by atoms with E-state index in [2.05, 4.69) is 16.3 Å². The molecular formula is C19H32Cl2N2O3. The topological polar surface area (TPSA) is 43.0 Å². The Kier molecular flexibility index (Phi) is 9.86. The summed E-state index contributed by atoms with van der Waals surface area (Å²) in [6, 6.07) is 4.49. The molecule has 7 heteroatoms. The summed E-state index contributed by atoms with van der Waals surface area (Å²) >= 11 is 0. The van der Waals surface area contributed by atoms with Crippen molar-refractivity contribution in [1.82, 2.24) is 10.2 Å². The Labute approximate surface area is 169 Å². The molecule has 0 aromatic heterocycles. The zero-order chi connectivity index (χ0) is 16.9. The van der Waals surface area contributed by atoms with Gasteiger partial charge in [-0.3, -0.25) is 4.90 Å². The summed E-state index contributed by atoms with van der Waals surface area (Å²) in [5, 5.41) is 3.46. The van der Waals surface area contributed by atoms with Gasteiger partial charge in [-0.05, 0) is 24.8 Å². The SMILES string of the molecule is COc1cc(OC)c([C@@H](C2CCCC2)N2CCNCC2)cc1OC.Cl.Cl. The van der Waals surface area contributed by atoms with Crippen LogP contribution < -0.4 is 19.5 Å². The highest BCUT2D eigenvalue weighted by Gasteiger charge is 2.34. The average molecular weight is 407 g/mol. The molecule has 5 nitrogen and oxygen atoms in total. The summed E-state index contributed by atoms with van der Waals surface area (Å²) in [7, 11) is 5.11. The number of halogens is 2. The van der Waals surface area contributed by atoms with Gasteiger partial charge in [0.1, 0.15) is 5.75 Å². The van der Waals surface area contributed by atoms with Crippen molar-refractivity contribution in [3.8, 4) is 17.2 Å². The zero-order valence-corrected chi connectivity index (χ0v) is 17.6. The summed E-state index contributed by atoms with van der Waals surface area (Å²) in [6.07, 6.45) is 5.27.